The number of Topliss-reactive ketones (excluding diaryl/α,β-unsaturated/α-hetero) is 1. The van der Waals surface area contributed by atoms with Gasteiger partial charge in [0.15, 0.2) is 5.76 Å². The molecule has 0 fully saturated rings. The zero-order valence-electron chi connectivity index (χ0n) is 15.7. The fourth-order valence-corrected chi connectivity index (χ4v) is 3.77. The number of fused-ring (bicyclic) bond motifs is 1. The van der Waals surface area contributed by atoms with Gasteiger partial charge in [-0.2, -0.15) is 8.42 Å². The summed E-state index contributed by atoms with van der Waals surface area (Å²) < 4.78 is 53.8. The van der Waals surface area contributed by atoms with Crippen LogP contribution in [0, 0.1) is 5.82 Å². The molecule has 3 aromatic carbocycles. The maximum absolute atomic E-state index is 13.0. The van der Waals surface area contributed by atoms with E-state index in [0.717, 1.165) is 0 Å². The lowest BCUT2D eigenvalue weighted by molar-refractivity contribution is 0.101. The number of hydrogen-bond acceptors (Lipinski definition) is 6. The predicted molar refractivity (Wildman–Crippen MR) is 107 cm³/mol. The van der Waals surface area contributed by atoms with E-state index >= 15 is 0 Å². The molecule has 8 heteroatoms. The molecule has 0 saturated carbocycles. The Morgan fingerprint density at radius 2 is 1.60 bits per heavy atom. The van der Waals surface area contributed by atoms with Gasteiger partial charge < -0.3 is 13.7 Å². The van der Waals surface area contributed by atoms with Crippen LogP contribution in [-0.2, 0) is 10.1 Å². The number of carbonyl (C=O) groups is 1. The summed E-state index contributed by atoms with van der Waals surface area (Å²) in [4.78, 5) is 12.5. The Kier molecular flexibility index (Phi) is 5.01. The number of ether oxygens (including phenoxy) is 2. The lowest BCUT2D eigenvalue weighted by Gasteiger charge is -2.08. The zero-order chi connectivity index (χ0) is 21.3. The largest absolute Gasteiger partial charge is 0.497 e. The maximum atomic E-state index is 13.0. The highest BCUT2D eigenvalue weighted by Crippen LogP contribution is 2.35. The van der Waals surface area contributed by atoms with Crippen molar-refractivity contribution in [3.05, 3.63) is 89.4 Å². The third-order valence-electron chi connectivity index (χ3n) is 4.36. The summed E-state index contributed by atoms with van der Waals surface area (Å²) in [6.07, 6.45) is 1.48. The van der Waals surface area contributed by atoms with Crippen molar-refractivity contribution in [2.24, 2.45) is 0 Å². The van der Waals surface area contributed by atoms with Crippen molar-refractivity contribution in [3.63, 3.8) is 0 Å². The van der Waals surface area contributed by atoms with Crippen LogP contribution in [0.3, 0.4) is 0 Å². The van der Waals surface area contributed by atoms with Crippen molar-refractivity contribution in [2.45, 2.75) is 4.90 Å². The first-order valence-electron chi connectivity index (χ1n) is 8.78. The van der Waals surface area contributed by atoms with E-state index in [2.05, 4.69) is 0 Å². The number of carbonyl (C=O) groups excluding carboxylic acids is 1. The van der Waals surface area contributed by atoms with Gasteiger partial charge in [0, 0.05) is 6.07 Å². The molecule has 0 amide bonds. The van der Waals surface area contributed by atoms with Crippen LogP contribution in [0.2, 0.25) is 0 Å². The highest BCUT2D eigenvalue weighted by molar-refractivity contribution is 7.87. The molecular weight excluding hydrogens is 411 g/mol. The molecule has 0 unspecified atom stereocenters. The Labute approximate surface area is 172 Å². The lowest BCUT2D eigenvalue weighted by Crippen LogP contribution is -2.09. The third kappa shape index (κ3) is 3.90. The van der Waals surface area contributed by atoms with E-state index in [-0.39, 0.29) is 39.3 Å². The van der Waals surface area contributed by atoms with Crippen LogP contribution in [0.1, 0.15) is 15.9 Å². The molecule has 0 aliphatic carbocycles. The van der Waals surface area contributed by atoms with Gasteiger partial charge in [-0.05, 0) is 60.2 Å². The van der Waals surface area contributed by atoms with Gasteiger partial charge in [0.2, 0.25) is 5.78 Å². The molecule has 3 aromatic rings. The number of halogens is 1. The Hall–Kier alpha value is -3.65. The van der Waals surface area contributed by atoms with E-state index < -0.39 is 10.1 Å². The van der Waals surface area contributed by atoms with Gasteiger partial charge in [-0.3, -0.25) is 4.79 Å². The van der Waals surface area contributed by atoms with Crippen LogP contribution in [0.5, 0.6) is 17.2 Å². The Balaban J connectivity index is 1.57. The topological polar surface area (TPSA) is 78.9 Å². The summed E-state index contributed by atoms with van der Waals surface area (Å²) in [6, 6.07) is 15.5. The standard InChI is InChI=1S/C22H15FO6S/c1-27-16-6-9-18(10-7-16)30(25,26)29-17-8-11-19-20(13-17)28-21(22(19)24)12-14-2-4-15(23)5-3-14/h2-13H,1H3/b21-12-. The molecule has 0 saturated heterocycles. The first-order chi connectivity index (χ1) is 14.4. The first kappa shape index (κ1) is 19.7. The minimum Gasteiger partial charge on any atom is -0.497 e. The van der Waals surface area contributed by atoms with E-state index in [9.17, 15) is 17.6 Å². The van der Waals surface area contributed by atoms with Crippen molar-refractivity contribution in [1.29, 1.82) is 0 Å². The number of methoxy groups -OCH3 is 1. The van der Waals surface area contributed by atoms with Crippen molar-refractivity contribution >= 4 is 22.0 Å². The van der Waals surface area contributed by atoms with Gasteiger partial charge >= 0.3 is 10.1 Å². The van der Waals surface area contributed by atoms with E-state index in [1.165, 1.54) is 79.9 Å². The average molecular weight is 426 g/mol. The Bertz CT molecular complexity index is 1250. The van der Waals surface area contributed by atoms with Crippen molar-refractivity contribution < 1.29 is 31.3 Å². The smallest absolute Gasteiger partial charge is 0.339 e. The molecule has 0 radical (unpaired) electrons. The Morgan fingerprint density at radius 1 is 0.933 bits per heavy atom. The summed E-state index contributed by atoms with van der Waals surface area (Å²) in [6.45, 7) is 0. The SMILES string of the molecule is COc1ccc(S(=O)(=O)Oc2ccc3c(c2)O/C(=C\c2ccc(F)cc2)C3=O)cc1. The van der Waals surface area contributed by atoms with Crippen LogP contribution < -0.4 is 13.7 Å². The summed E-state index contributed by atoms with van der Waals surface area (Å²) in [5.74, 6) is -0.0142. The van der Waals surface area contributed by atoms with Gasteiger partial charge in [0.05, 0.1) is 12.7 Å². The lowest BCUT2D eigenvalue weighted by atomic mass is 10.1. The molecular formula is C22H15FO6S. The van der Waals surface area contributed by atoms with Gasteiger partial charge in [-0.25, -0.2) is 4.39 Å². The maximum Gasteiger partial charge on any atom is 0.339 e. The zero-order valence-corrected chi connectivity index (χ0v) is 16.5. The second-order valence-corrected chi connectivity index (χ2v) is 7.91. The molecule has 1 aliphatic heterocycles. The number of rotatable bonds is 5. The Morgan fingerprint density at radius 3 is 2.27 bits per heavy atom. The van der Waals surface area contributed by atoms with E-state index in [0.29, 0.717) is 11.3 Å². The minimum absolute atomic E-state index is 0.000371. The fourth-order valence-electron chi connectivity index (χ4n) is 2.85. The predicted octanol–water partition coefficient (Wildman–Crippen LogP) is 4.22. The molecule has 1 aliphatic rings. The number of allylic oxidation sites excluding steroid dienone is 1. The van der Waals surface area contributed by atoms with Gasteiger partial charge in [0.25, 0.3) is 0 Å². The van der Waals surface area contributed by atoms with Crippen LogP contribution in [-0.4, -0.2) is 21.3 Å². The summed E-state index contributed by atoms with van der Waals surface area (Å²) in [5, 5.41) is 0. The van der Waals surface area contributed by atoms with Crippen LogP contribution >= 0.6 is 0 Å². The first-order valence-corrected chi connectivity index (χ1v) is 10.2. The molecule has 0 atom stereocenters. The second kappa shape index (κ2) is 7.64. The molecule has 1 heterocycles. The normalized spacial score (nSPS) is 14.3. The molecule has 0 spiro atoms. The minimum atomic E-state index is -4.08. The van der Waals surface area contributed by atoms with Gasteiger partial charge in [0.1, 0.15) is 28.0 Å². The van der Waals surface area contributed by atoms with E-state index in [1.807, 2.05) is 0 Å². The third-order valence-corrected chi connectivity index (χ3v) is 5.62. The summed E-state index contributed by atoms with van der Waals surface area (Å²) in [7, 11) is -2.60. The van der Waals surface area contributed by atoms with Crippen molar-refractivity contribution in [2.75, 3.05) is 7.11 Å². The van der Waals surface area contributed by atoms with Crippen LogP contribution in [0.15, 0.2) is 77.4 Å². The summed E-state index contributed by atoms with van der Waals surface area (Å²) >= 11 is 0. The van der Waals surface area contributed by atoms with E-state index in [1.54, 1.807) is 0 Å². The highest BCUT2D eigenvalue weighted by atomic mass is 32.2. The van der Waals surface area contributed by atoms with Crippen molar-refractivity contribution in [3.8, 4) is 17.2 Å². The van der Waals surface area contributed by atoms with Gasteiger partial charge in [-0.1, -0.05) is 12.1 Å². The van der Waals surface area contributed by atoms with Crippen LogP contribution in [0.25, 0.3) is 6.08 Å². The molecule has 0 N–H and O–H groups in total. The molecule has 4 rings (SSSR count). The quantitative estimate of drug-likeness (QED) is 0.449. The second-order valence-electron chi connectivity index (χ2n) is 6.36. The number of benzene rings is 3. The van der Waals surface area contributed by atoms with Crippen LogP contribution in [0.4, 0.5) is 4.39 Å². The van der Waals surface area contributed by atoms with Gasteiger partial charge in [-0.15, -0.1) is 0 Å². The number of hydrogen-bond donors (Lipinski definition) is 0. The average Bonchev–Trinajstić information content (AvgIpc) is 3.04. The fraction of sp³-hybridized carbons (Fsp3) is 0.0455. The molecule has 152 valence electrons. The highest BCUT2D eigenvalue weighted by Gasteiger charge is 2.28. The number of ketones is 1. The van der Waals surface area contributed by atoms with Crippen molar-refractivity contribution in [1.82, 2.24) is 0 Å². The molecule has 30 heavy (non-hydrogen) atoms. The molecule has 0 aromatic heterocycles. The van der Waals surface area contributed by atoms with E-state index in [4.69, 9.17) is 13.7 Å². The molecule has 0 bridgehead atoms. The monoisotopic (exact) mass is 426 g/mol. The molecule has 6 nitrogen and oxygen atoms in total. The summed E-state index contributed by atoms with van der Waals surface area (Å²) in [5.41, 5.74) is 0.865.